The Hall–Kier alpha value is -2.60. The molecule has 2 aromatic rings. The zero-order valence-corrected chi connectivity index (χ0v) is 37.6. The van der Waals surface area contributed by atoms with Crippen LogP contribution in [0.5, 0.6) is 0 Å². The Morgan fingerprint density at radius 3 is 0.982 bits per heavy atom. The van der Waals surface area contributed by atoms with Gasteiger partial charge in [-0.2, -0.15) is 0 Å². The summed E-state index contributed by atoms with van der Waals surface area (Å²) in [4.78, 5) is 48.9. The van der Waals surface area contributed by atoms with Crippen LogP contribution < -0.4 is 0 Å². The molecule has 17 heteroatoms. The van der Waals surface area contributed by atoms with Crippen LogP contribution in [0.1, 0.15) is 159 Å². The third-order valence-electron chi connectivity index (χ3n) is 8.58. The van der Waals surface area contributed by atoms with Crippen molar-refractivity contribution >= 4 is 81.9 Å². The Labute approximate surface area is 368 Å². The van der Waals surface area contributed by atoms with E-state index in [1.807, 2.05) is 0 Å². The minimum Gasteiger partial charge on any atom is -0.748 e. The number of esters is 4. The number of ether oxygens (including phenoxy) is 4. The largest absolute Gasteiger partial charge is 2.00 e. The van der Waals surface area contributed by atoms with Gasteiger partial charge in [0.05, 0.1) is 46.0 Å². The van der Waals surface area contributed by atoms with E-state index in [2.05, 4.69) is 13.8 Å². The summed E-state index contributed by atoms with van der Waals surface area (Å²) in [5, 5.41) is -2.74. The predicted molar refractivity (Wildman–Crippen MR) is 214 cm³/mol. The van der Waals surface area contributed by atoms with Crippen molar-refractivity contribution in [2.24, 2.45) is 0 Å². The van der Waals surface area contributed by atoms with Gasteiger partial charge in [-0.1, -0.05) is 115 Å². The number of rotatable bonds is 26. The van der Waals surface area contributed by atoms with Crippen molar-refractivity contribution < 1.29 is 64.1 Å². The van der Waals surface area contributed by atoms with E-state index in [9.17, 15) is 45.1 Å². The monoisotopic (exact) mass is 866 g/mol. The van der Waals surface area contributed by atoms with E-state index in [1.54, 1.807) is 24.3 Å². The number of hydrogen-bond donors (Lipinski definition) is 0. The van der Waals surface area contributed by atoms with Gasteiger partial charge in [0.1, 0.15) is 33.5 Å². The van der Waals surface area contributed by atoms with Crippen LogP contribution in [0.3, 0.4) is 0 Å². The first-order chi connectivity index (χ1) is 26.5. The summed E-state index contributed by atoms with van der Waals surface area (Å²) in [6.45, 7) is 6.01. The van der Waals surface area contributed by atoms with Crippen molar-refractivity contribution in [2.45, 2.75) is 128 Å². The van der Waals surface area contributed by atoms with E-state index in [0.717, 1.165) is 52.4 Å². The fraction of sp³-hybridized carbons (Fsp3) is 0.600. The summed E-state index contributed by atoms with van der Waals surface area (Å²) in [7, 11) is -9.10. The molecule has 0 aliphatic rings. The average molecular weight is 867 g/mol. The van der Waals surface area contributed by atoms with Crippen LogP contribution in [0.25, 0.3) is 0 Å². The SMILES string of the molecule is CCCCCCCCCOC(=O)c1ccccc1C(=O)OCC(C)S(=O)(=O)[O-].CCCCCCCCCOC(=O)c1ccccc1C(=O)OCC(C)S(=O)(=O)[O-].[Ca+2]. The van der Waals surface area contributed by atoms with E-state index >= 15 is 0 Å². The normalized spacial score (nSPS) is 12.2. The molecule has 0 N–H and O–H groups in total. The molecule has 2 atom stereocenters. The maximum absolute atomic E-state index is 12.3. The molecule has 0 saturated carbocycles. The Kier molecular flexibility index (Phi) is 29.1. The van der Waals surface area contributed by atoms with Crippen molar-refractivity contribution in [3.05, 3.63) is 70.8 Å². The fourth-order valence-corrected chi connectivity index (χ4v) is 5.46. The number of benzene rings is 2. The molecular weight excluding hydrogens is 809 g/mol. The average Bonchev–Trinajstić information content (AvgIpc) is 3.17. The quantitative estimate of drug-likeness (QED) is 0.0306. The number of carbonyl (C=O) groups excluding carboxylic acids is 4. The topological polar surface area (TPSA) is 220 Å². The van der Waals surface area contributed by atoms with Crippen LogP contribution in [0.4, 0.5) is 0 Å². The van der Waals surface area contributed by atoms with Gasteiger partial charge in [-0.05, 0) is 51.0 Å². The first-order valence-corrected chi connectivity index (χ1v) is 22.2. The molecule has 316 valence electrons. The molecule has 0 bridgehead atoms. The second-order valence-electron chi connectivity index (χ2n) is 13.4. The standard InChI is InChI=1S/2C20H30O7S.Ca/c2*1-3-4-5-6-7-8-11-14-26-19(21)17-12-9-10-13-18(17)20(22)27-15-16(2)28(23,24)25;/h2*9-10,12-13,16H,3-8,11,14-15H2,1-2H3,(H,23,24,25);/q;;+2/p-2. The molecular formula is C40H58CaO14S2. The van der Waals surface area contributed by atoms with Gasteiger partial charge in [0.25, 0.3) is 0 Å². The summed E-state index contributed by atoms with van der Waals surface area (Å²) in [5.41, 5.74) is 0.0475. The molecule has 0 heterocycles. The number of carbonyl (C=O) groups is 4. The molecule has 0 aliphatic heterocycles. The predicted octanol–water partition coefficient (Wildman–Crippen LogP) is 6.99. The van der Waals surface area contributed by atoms with Crippen molar-refractivity contribution in [1.29, 1.82) is 0 Å². The Balaban J connectivity index is 0.00000108. The van der Waals surface area contributed by atoms with Gasteiger partial charge in [0, 0.05) is 0 Å². The number of hydrogen-bond acceptors (Lipinski definition) is 14. The van der Waals surface area contributed by atoms with Crippen molar-refractivity contribution in [3.63, 3.8) is 0 Å². The molecule has 0 aliphatic carbocycles. The van der Waals surface area contributed by atoms with Crippen LogP contribution in [0, 0.1) is 0 Å². The molecule has 0 aromatic heterocycles. The molecule has 0 fully saturated rings. The van der Waals surface area contributed by atoms with E-state index in [4.69, 9.17) is 18.9 Å². The molecule has 0 spiro atoms. The van der Waals surface area contributed by atoms with E-state index < -0.39 is 67.8 Å². The smallest absolute Gasteiger partial charge is 0.748 e. The Morgan fingerprint density at radius 2 is 0.719 bits per heavy atom. The van der Waals surface area contributed by atoms with Gasteiger partial charge < -0.3 is 28.1 Å². The van der Waals surface area contributed by atoms with Crippen LogP contribution in [0.15, 0.2) is 48.5 Å². The van der Waals surface area contributed by atoms with E-state index in [-0.39, 0.29) is 73.2 Å². The Bertz CT molecular complexity index is 1590. The van der Waals surface area contributed by atoms with E-state index in [1.165, 1.54) is 75.6 Å². The van der Waals surface area contributed by atoms with Crippen molar-refractivity contribution in [3.8, 4) is 0 Å². The maximum atomic E-state index is 12.3. The second-order valence-corrected chi connectivity index (χ2v) is 17.0. The van der Waals surface area contributed by atoms with Gasteiger partial charge in [-0.3, -0.25) is 0 Å². The van der Waals surface area contributed by atoms with Gasteiger partial charge in [0.15, 0.2) is 0 Å². The molecule has 0 radical (unpaired) electrons. The molecule has 2 aromatic carbocycles. The number of unbranched alkanes of at least 4 members (excludes halogenated alkanes) is 12. The summed E-state index contributed by atoms with van der Waals surface area (Å²) < 4.78 is 85.5. The molecule has 0 amide bonds. The van der Waals surface area contributed by atoms with Crippen LogP contribution in [0.2, 0.25) is 0 Å². The Morgan fingerprint density at radius 1 is 0.474 bits per heavy atom. The third-order valence-corrected chi connectivity index (χ3v) is 10.8. The minimum absolute atomic E-state index is 0. The first-order valence-electron chi connectivity index (χ1n) is 19.3. The van der Waals surface area contributed by atoms with Gasteiger partial charge in [-0.25, -0.2) is 36.0 Å². The second kappa shape index (κ2) is 30.4. The molecule has 2 rings (SSSR count). The fourth-order valence-electron chi connectivity index (χ4n) is 4.99. The van der Waals surface area contributed by atoms with Crippen LogP contribution in [-0.4, -0.2) is 124 Å². The summed E-state index contributed by atoms with van der Waals surface area (Å²) >= 11 is 0. The van der Waals surface area contributed by atoms with Crippen molar-refractivity contribution in [1.82, 2.24) is 0 Å². The summed E-state index contributed by atoms with van der Waals surface area (Å²) in [6, 6.07) is 12.0. The van der Waals surface area contributed by atoms with Crippen LogP contribution in [-0.2, 0) is 39.2 Å². The third kappa shape index (κ3) is 23.5. The van der Waals surface area contributed by atoms with Gasteiger partial charge in [-0.15, -0.1) is 0 Å². The van der Waals surface area contributed by atoms with Gasteiger partial charge >= 0.3 is 61.6 Å². The molecule has 2 unspecified atom stereocenters. The van der Waals surface area contributed by atoms with Crippen molar-refractivity contribution in [2.75, 3.05) is 26.4 Å². The minimum atomic E-state index is -4.55. The zero-order chi connectivity index (χ0) is 42.0. The molecule has 57 heavy (non-hydrogen) atoms. The molecule has 14 nitrogen and oxygen atoms in total. The summed E-state index contributed by atoms with van der Waals surface area (Å²) in [6.07, 6.45) is 15.3. The van der Waals surface area contributed by atoms with Crippen LogP contribution >= 0.6 is 0 Å². The maximum Gasteiger partial charge on any atom is 2.00 e. The summed E-state index contributed by atoms with van der Waals surface area (Å²) in [5.74, 6) is -3.02. The van der Waals surface area contributed by atoms with Gasteiger partial charge in [0.2, 0.25) is 0 Å². The zero-order valence-electron chi connectivity index (χ0n) is 33.7. The first kappa shape index (κ1) is 54.4. The van der Waals surface area contributed by atoms with E-state index in [0.29, 0.717) is 0 Å². The molecule has 0 saturated heterocycles.